The predicted molar refractivity (Wildman–Crippen MR) is 141 cm³/mol. The van der Waals surface area contributed by atoms with Gasteiger partial charge in [0.2, 0.25) is 0 Å². The number of thiophene rings is 1. The summed E-state index contributed by atoms with van der Waals surface area (Å²) in [5.41, 5.74) is 4.98. The molecule has 5 aromatic rings. The van der Waals surface area contributed by atoms with Gasteiger partial charge in [-0.25, -0.2) is 9.67 Å². The molecule has 0 aliphatic carbocycles. The smallest absolute Gasteiger partial charge is 0.433 e. The summed E-state index contributed by atoms with van der Waals surface area (Å²) >= 11 is 6.78. The molecule has 0 unspecified atom stereocenters. The third-order valence-corrected chi connectivity index (χ3v) is 7.04. The molecule has 3 aromatic heterocycles. The van der Waals surface area contributed by atoms with Crippen LogP contribution >= 0.6 is 22.9 Å². The van der Waals surface area contributed by atoms with Gasteiger partial charge >= 0.3 is 6.18 Å². The monoisotopic (exact) mass is 571 g/mol. The van der Waals surface area contributed by atoms with Crippen LogP contribution in [0.3, 0.4) is 0 Å². The zero-order valence-corrected chi connectivity index (χ0v) is 21.3. The number of amides is 2. The van der Waals surface area contributed by atoms with E-state index in [1.807, 2.05) is 0 Å². The average molecular weight is 572 g/mol. The zero-order valence-electron chi connectivity index (χ0n) is 19.7. The van der Waals surface area contributed by atoms with Crippen molar-refractivity contribution in [1.82, 2.24) is 14.8 Å². The summed E-state index contributed by atoms with van der Waals surface area (Å²) in [6.07, 6.45) is -3.37. The molecule has 0 aliphatic heterocycles. The molecule has 0 bridgehead atoms. The molecular formula is C26H17ClF3N5O3S. The van der Waals surface area contributed by atoms with Crippen molar-refractivity contribution in [2.75, 3.05) is 5.32 Å². The van der Waals surface area contributed by atoms with Crippen LogP contribution in [-0.4, -0.2) is 26.6 Å². The molecule has 0 saturated heterocycles. The molecule has 3 N–H and O–H groups in total. The van der Waals surface area contributed by atoms with E-state index < -0.39 is 23.7 Å². The number of pyridine rings is 1. The van der Waals surface area contributed by atoms with Crippen molar-refractivity contribution in [3.05, 3.63) is 94.2 Å². The van der Waals surface area contributed by atoms with Gasteiger partial charge in [0.25, 0.3) is 11.8 Å². The average Bonchev–Trinajstić information content (AvgIpc) is 3.53. The number of halogens is 4. The highest BCUT2D eigenvalue weighted by Gasteiger charge is 2.35. The molecule has 13 heteroatoms. The fourth-order valence-corrected chi connectivity index (χ4v) is 5.08. The van der Waals surface area contributed by atoms with Crippen molar-refractivity contribution in [3.63, 3.8) is 0 Å². The van der Waals surface area contributed by atoms with Gasteiger partial charge in [0.05, 0.1) is 10.7 Å². The normalized spacial score (nSPS) is 11.5. The quantitative estimate of drug-likeness (QED) is 0.241. The first kappa shape index (κ1) is 26.2. The largest absolute Gasteiger partial charge is 0.470 e. The van der Waals surface area contributed by atoms with Crippen LogP contribution in [0.2, 0.25) is 5.02 Å². The Morgan fingerprint density at radius 1 is 1.08 bits per heavy atom. The fraction of sp³-hybridized carbons (Fsp3) is 0.0769. The van der Waals surface area contributed by atoms with E-state index in [4.69, 9.17) is 22.1 Å². The molecular weight excluding hydrogens is 555 g/mol. The number of nitrogens with zero attached hydrogens (tertiary/aromatic N) is 3. The minimum atomic E-state index is -4.74. The maximum Gasteiger partial charge on any atom is 0.433 e. The maximum atomic E-state index is 13.7. The second-order valence-electron chi connectivity index (χ2n) is 8.14. The summed E-state index contributed by atoms with van der Waals surface area (Å²) in [5.74, 6) is -1.26. The van der Waals surface area contributed by atoms with E-state index in [1.54, 1.807) is 54.6 Å². The fourth-order valence-electron chi connectivity index (χ4n) is 3.88. The summed E-state index contributed by atoms with van der Waals surface area (Å²) in [4.78, 5) is 29.2. The van der Waals surface area contributed by atoms with E-state index in [9.17, 15) is 22.8 Å². The third kappa shape index (κ3) is 5.29. The number of nitrogens with two attached hydrogens (primary N) is 1. The van der Waals surface area contributed by atoms with Gasteiger partial charge in [-0.3, -0.25) is 9.59 Å². The van der Waals surface area contributed by atoms with Crippen molar-refractivity contribution in [1.29, 1.82) is 0 Å². The predicted octanol–water partition coefficient (Wildman–Crippen LogP) is 6.22. The Hall–Kier alpha value is -4.42. The number of aromatic nitrogens is 3. The highest BCUT2D eigenvalue weighted by Crippen LogP contribution is 2.43. The summed E-state index contributed by atoms with van der Waals surface area (Å²) in [7, 11) is 0. The Bertz CT molecular complexity index is 1700. The van der Waals surface area contributed by atoms with Crippen LogP contribution in [0.1, 0.15) is 25.9 Å². The molecule has 0 atom stereocenters. The number of primary amides is 1. The molecule has 0 spiro atoms. The van der Waals surface area contributed by atoms with Crippen LogP contribution in [0.4, 0.5) is 18.9 Å². The number of hydrogen-bond donors (Lipinski definition) is 2. The summed E-state index contributed by atoms with van der Waals surface area (Å²) in [5, 5.41) is 7.26. The molecule has 5 rings (SSSR count). The van der Waals surface area contributed by atoms with E-state index in [2.05, 4.69) is 15.4 Å². The molecule has 0 aliphatic rings. The Kier molecular flexibility index (Phi) is 6.98. The minimum absolute atomic E-state index is 0.0488. The van der Waals surface area contributed by atoms with Crippen LogP contribution < -0.4 is 15.8 Å². The molecule has 8 nitrogen and oxygen atoms in total. The lowest BCUT2D eigenvalue weighted by molar-refractivity contribution is -0.140. The maximum absolute atomic E-state index is 13.7. The Morgan fingerprint density at radius 2 is 1.79 bits per heavy atom. The van der Waals surface area contributed by atoms with Crippen molar-refractivity contribution >= 4 is 50.7 Å². The number of fused-ring (bicyclic) bond motifs is 1. The molecule has 3 heterocycles. The number of alkyl halides is 3. The molecule has 198 valence electrons. The summed E-state index contributed by atoms with van der Waals surface area (Å²) < 4.78 is 48.0. The lowest BCUT2D eigenvalue weighted by Gasteiger charge is -2.13. The standard InChI is InChI=1S/C26H17ClF3N5O3S/c27-16-8-4-5-9-18(16)38-13-35-17(10-11-32-35)24(37)34-21-20-15(14-6-2-1-3-7-14)12-19(26(28,29)30)33-25(20)39-22(21)23(31)36/h1-12H,13H2,(H2,31,36)(H,34,37). The van der Waals surface area contributed by atoms with Gasteiger partial charge < -0.3 is 15.8 Å². The highest BCUT2D eigenvalue weighted by molar-refractivity contribution is 7.21. The molecule has 0 radical (unpaired) electrons. The van der Waals surface area contributed by atoms with E-state index in [0.717, 1.165) is 6.07 Å². The SMILES string of the molecule is NC(=O)c1sc2nc(C(F)(F)F)cc(-c3ccccc3)c2c1NC(=O)c1ccnn1COc1ccccc1Cl. The summed E-state index contributed by atoms with van der Waals surface area (Å²) in [6.45, 7) is -0.168. The minimum Gasteiger partial charge on any atom is -0.470 e. The van der Waals surface area contributed by atoms with Gasteiger partial charge in [0.1, 0.15) is 26.8 Å². The molecule has 2 amide bonds. The number of rotatable bonds is 7. The topological polar surface area (TPSA) is 112 Å². The van der Waals surface area contributed by atoms with Crippen molar-refractivity contribution in [2.45, 2.75) is 12.9 Å². The molecule has 0 saturated carbocycles. The third-order valence-electron chi connectivity index (χ3n) is 5.63. The van der Waals surface area contributed by atoms with Gasteiger partial charge in [-0.2, -0.15) is 18.3 Å². The Balaban J connectivity index is 1.57. The Morgan fingerprint density at radius 3 is 2.49 bits per heavy atom. The zero-order chi connectivity index (χ0) is 27.7. The van der Waals surface area contributed by atoms with Crippen molar-refractivity contribution in [3.8, 4) is 16.9 Å². The number of carbonyl (C=O) groups is 2. The number of anilines is 1. The molecule has 0 fully saturated rings. The van der Waals surface area contributed by atoms with Crippen LogP contribution in [0, 0.1) is 0 Å². The number of benzene rings is 2. The van der Waals surface area contributed by atoms with Crippen molar-refractivity contribution < 1.29 is 27.5 Å². The van der Waals surface area contributed by atoms with Gasteiger partial charge in [0.15, 0.2) is 6.73 Å². The first-order valence-electron chi connectivity index (χ1n) is 11.2. The van der Waals surface area contributed by atoms with Crippen LogP contribution in [-0.2, 0) is 12.9 Å². The van der Waals surface area contributed by atoms with Crippen molar-refractivity contribution in [2.24, 2.45) is 5.73 Å². The van der Waals surface area contributed by atoms with Gasteiger partial charge in [-0.1, -0.05) is 54.1 Å². The van der Waals surface area contributed by atoms with Crippen LogP contribution in [0.25, 0.3) is 21.3 Å². The highest BCUT2D eigenvalue weighted by atomic mass is 35.5. The first-order valence-corrected chi connectivity index (χ1v) is 12.4. The van der Waals surface area contributed by atoms with E-state index in [0.29, 0.717) is 27.7 Å². The van der Waals surface area contributed by atoms with Crippen LogP contribution in [0.15, 0.2) is 72.9 Å². The number of carbonyl (C=O) groups excluding carboxylic acids is 2. The number of ether oxygens (including phenoxy) is 1. The summed E-state index contributed by atoms with van der Waals surface area (Å²) in [6, 6.07) is 17.3. The number of para-hydroxylation sites is 1. The lowest BCUT2D eigenvalue weighted by Crippen LogP contribution is -2.21. The second-order valence-corrected chi connectivity index (χ2v) is 9.55. The molecule has 39 heavy (non-hydrogen) atoms. The van der Waals surface area contributed by atoms with Gasteiger partial charge in [-0.15, -0.1) is 11.3 Å². The number of nitrogens with one attached hydrogen (secondary N) is 1. The molecule has 2 aromatic carbocycles. The first-order chi connectivity index (χ1) is 18.6. The lowest BCUT2D eigenvalue weighted by atomic mass is 10.0. The van der Waals surface area contributed by atoms with Crippen LogP contribution in [0.5, 0.6) is 5.75 Å². The van der Waals surface area contributed by atoms with E-state index >= 15 is 0 Å². The van der Waals surface area contributed by atoms with Gasteiger partial charge in [0, 0.05) is 11.6 Å². The van der Waals surface area contributed by atoms with E-state index in [-0.39, 0.29) is 38.8 Å². The second kappa shape index (κ2) is 10.4. The number of hydrogen-bond acceptors (Lipinski definition) is 6. The van der Waals surface area contributed by atoms with E-state index in [1.165, 1.54) is 16.9 Å². The Labute approximate surface area is 227 Å². The van der Waals surface area contributed by atoms with Gasteiger partial charge in [-0.05, 0) is 35.4 Å².